The highest BCUT2D eigenvalue weighted by Crippen LogP contribution is 2.53. The number of carbonyl (C=O) groups is 3. The minimum absolute atomic E-state index is 0.141. The number of rotatable bonds is 3. The van der Waals surface area contributed by atoms with Crippen molar-refractivity contribution >= 4 is 23.5 Å². The number of hydrogen-bond acceptors (Lipinski definition) is 4. The van der Waals surface area contributed by atoms with E-state index in [2.05, 4.69) is 12.2 Å². The van der Waals surface area contributed by atoms with E-state index < -0.39 is 5.97 Å². The number of carbonyl (C=O) groups excluding carboxylic acids is 3. The molecule has 2 fully saturated rings. The Morgan fingerprint density at radius 1 is 1.17 bits per heavy atom. The maximum atomic E-state index is 12.7. The predicted molar refractivity (Wildman–Crippen MR) is 82.6 cm³/mol. The van der Waals surface area contributed by atoms with Crippen LogP contribution >= 0.6 is 0 Å². The molecule has 23 heavy (non-hydrogen) atoms. The molecule has 1 saturated carbocycles. The van der Waals surface area contributed by atoms with Crippen LogP contribution in [0.25, 0.3) is 0 Å². The van der Waals surface area contributed by atoms with Gasteiger partial charge in [-0.15, -0.1) is 0 Å². The average molecular weight is 311 g/mol. The van der Waals surface area contributed by atoms with Gasteiger partial charge >= 0.3 is 5.97 Å². The number of amides is 2. The summed E-state index contributed by atoms with van der Waals surface area (Å²) < 4.78 is 4.98. The molecule has 3 aliphatic rings. The van der Waals surface area contributed by atoms with Crippen LogP contribution < -0.4 is 4.90 Å². The fourth-order valence-corrected chi connectivity index (χ4v) is 4.14. The van der Waals surface area contributed by atoms with Crippen LogP contribution in [0.5, 0.6) is 0 Å². The van der Waals surface area contributed by atoms with Crippen LogP contribution in [0.15, 0.2) is 36.4 Å². The fourth-order valence-electron chi connectivity index (χ4n) is 4.14. The number of benzene rings is 1. The zero-order chi connectivity index (χ0) is 16.1. The highest BCUT2D eigenvalue weighted by atomic mass is 16.5. The Hall–Kier alpha value is -2.43. The summed E-state index contributed by atoms with van der Waals surface area (Å²) in [5.74, 6) is -0.835. The van der Waals surface area contributed by atoms with Crippen molar-refractivity contribution in [1.29, 1.82) is 0 Å². The smallest absolute Gasteiger partial charge is 0.338 e. The second kappa shape index (κ2) is 5.05. The number of anilines is 1. The quantitative estimate of drug-likeness (QED) is 0.487. The van der Waals surface area contributed by atoms with Gasteiger partial charge in [0.25, 0.3) is 0 Å². The number of nitrogens with zero attached hydrogens (tertiary/aromatic N) is 1. The topological polar surface area (TPSA) is 63.7 Å². The van der Waals surface area contributed by atoms with E-state index in [4.69, 9.17) is 4.74 Å². The van der Waals surface area contributed by atoms with Gasteiger partial charge in [0.2, 0.25) is 11.8 Å². The molecule has 1 saturated heterocycles. The van der Waals surface area contributed by atoms with Crippen LogP contribution in [-0.2, 0) is 14.3 Å². The molecular weight excluding hydrogens is 294 g/mol. The van der Waals surface area contributed by atoms with Crippen molar-refractivity contribution in [3.8, 4) is 0 Å². The van der Waals surface area contributed by atoms with E-state index >= 15 is 0 Å². The van der Waals surface area contributed by atoms with Gasteiger partial charge in [0.05, 0.1) is 29.7 Å². The molecule has 2 aliphatic carbocycles. The number of imide groups is 1. The van der Waals surface area contributed by atoms with E-state index in [1.807, 2.05) is 0 Å². The second-order valence-corrected chi connectivity index (χ2v) is 6.28. The fraction of sp³-hybridized carbons (Fsp3) is 0.389. The third kappa shape index (κ3) is 1.96. The third-order valence-electron chi connectivity index (χ3n) is 5.09. The Morgan fingerprint density at radius 3 is 2.43 bits per heavy atom. The number of allylic oxidation sites excluding steroid dienone is 2. The van der Waals surface area contributed by atoms with Crippen LogP contribution in [-0.4, -0.2) is 24.4 Å². The molecule has 1 aliphatic heterocycles. The van der Waals surface area contributed by atoms with Gasteiger partial charge in [-0.2, -0.15) is 0 Å². The van der Waals surface area contributed by atoms with Crippen LogP contribution in [0.3, 0.4) is 0 Å². The lowest BCUT2D eigenvalue weighted by Crippen LogP contribution is -2.33. The van der Waals surface area contributed by atoms with Crippen molar-refractivity contribution in [2.75, 3.05) is 11.5 Å². The number of esters is 1. The summed E-state index contributed by atoms with van der Waals surface area (Å²) in [7, 11) is 0. The first kappa shape index (κ1) is 14.2. The molecule has 1 aromatic rings. The third-order valence-corrected chi connectivity index (χ3v) is 5.09. The Labute approximate surface area is 133 Å². The molecule has 2 bridgehead atoms. The lowest BCUT2D eigenvalue weighted by molar-refractivity contribution is -0.123. The Bertz CT molecular complexity index is 708. The van der Waals surface area contributed by atoms with Gasteiger partial charge in [0, 0.05) is 0 Å². The molecule has 1 aromatic carbocycles. The van der Waals surface area contributed by atoms with E-state index in [0.29, 0.717) is 11.3 Å². The van der Waals surface area contributed by atoms with Gasteiger partial charge in [0.15, 0.2) is 0 Å². The number of hydrogen-bond donors (Lipinski definition) is 0. The molecule has 0 N–H and O–H groups in total. The summed E-state index contributed by atoms with van der Waals surface area (Å²) in [5.41, 5.74) is 0.808. The number of ether oxygens (including phenoxy) is 1. The molecule has 0 unspecified atom stereocenters. The van der Waals surface area contributed by atoms with Crippen LogP contribution in [0.1, 0.15) is 23.7 Å². The molecule has 2 amide bonds. The first-order valence-corrected chi connectivity index (χ1v) is 7.95. The van der Waals surface area contributed by atoms with Crippen molar-refractivity contribution in [3.63, 3.8) is 0 Å². The first-order valence-electron chi connectivity index (χ1n) is 7.95. The van der Waals surface area contributed by atoms with E-state index in [-0.39, 0.29) is 42.1 Å². The molecule has 118 valence electrons. The molecule has 5 nitrogen and oxygen atoms in total. The minimum Gasteiger partial charge on any atom is -0.462 e. The van der Waals surface area contributed by atoms with Gasteiger partial charge in [0.1, 0.15) is 0 Å². The maximum absolute atomic E-state index is 12.7. The van der Waals surface area contributed by atoms with Crippen molar-refractivity contribution < 1.29 is 19.1 Å². The lowest BCUT2D eigenvalue weighted by atomic mass is 9.85. The van der Waals surface area contributed by atoms with Gasteiger partial charge < -0.3 is 4.74 Å². The van der Waals surface area contributed by atoms with Gasteiger partial charge in [-0.25, -0.2) is 9.69 Å². The predicted octanol–water partition coefficient (Wildman–Crippen LogP) is 2.17. The molecule has 4 atom stereocenters. The molecule has 1 heterocycles. The first-order chi connectivity index (χ1) is 11.1. The Kier molecular flexibility index (Phi) is 3.11. The Morgan fingerprint density at radius 2 is 1.83 bits per heavy atom. The Balaban J connectivity index is 1.67. The molecular formula is C18H17NO4. The molecule has 0 aromatic heterocycles. The van der Waals surface area contributed by atoms with Crippen LogP contribution in [0.2, 0.25) is 0 Å². The summed E-state index contributed by atoms with van der Waals surface area (Å²) in [6.07, 6.45) is 5.04. The van der Waals surface area contributed by atoms with Crippen LogP contribution in [0, 0.1) is 23.7 Å². The highest BCUT2D eigenvalue weighted by Gasteiger charge is 2.59. The normalized spacial score (nSPS) is 30.9. The maximum Gasteiger partial charge on any atom is 0.338 e. The van der Waals surface area contributed by atoms with E-state index in [0.717, 1.165) is 6.42 Å². The zero-order valence-corrected chi connectivity index (χ0v) is 12.8. The van der Waals surface area contributed by atoms with Gasteiger partial charge in [-0.1, -0.05) is 18.2 Å². The monoisotopic (exact) mass is 311 g/mol. The van der Waals surface area contributed by atoms with Crippen molar-refractivity contribution in [2.45, 2.75) is 13.3 Å². The largest absolute Gasteiger partial charge is 0.462 e. The molecule has 0 radical (unpaired) electrons. The number of fused-ring (bicyclic) bond motifs is 5. The zero-order valence-electron chi connectivity index (χ0n) is 12.8. The molecule has 5 heteroatoms. The van der Waals surface area contributed by atoms with Gasteiger partial charge in [-0.3, -0.25) is 9.59 Å². The molecule has 0 spiro atoms. The summed E-state index contributed by atoms with van der Waals surface area (Å²) in [6, 6.07) is 6.54. The second-order valence-electron chi connectivity index (χ2n) is 6.28. The van der Waals surface area contributed by atoms with Crippen molar-refractivity contribution in [2.24, 2.45) is 23.7 Å². The lowest BCUT2D eigenvalue weighted by Gasteiger charge is -2.17. The van der Waals surface area contributed by atoms with E-state index in [9.17, 15) is 14.4 Å². The summed E-state index contributed by atoms with van der Waals surface area (Å²) in [6.45, 7) is 2.02. The van der Waals surface area contributed by atoms with E-state index in [1.165, 1.54) is 4.90 Å². The summed E-state index contributed by atoms with van der Waals surface area (Å²) in [4.78, 5) is 38.6. The van der Waals surface area contributed by atoms with E-state index in [1.54, 1.807) is 31.2 Å². The average Bonchev–Trinajstić information content (AvgIpc) is 3.22. The van der Waals surface area contributed by atoms with Crippen molar-refractivity contribution in [1.82, 2.24) is 0 Å². The summed E-state index contributed by atoms with van der Waals surface area (Å²) >= 11 is 0. The van der Waals surface area contributed by atoms with Crippen molar-refractivity contribution in [3.05, 3.63) is 42.0 Å². The minimum atomic E-state index is -0.449. The van der Waals surface area contributed by atoms with Gasteiger partial charge in [-0.05, 0) is 43.4 Å². The summed E-state index contributed by atoms with van der Waals surface area (Å²) in [5, 5.41) is 0. The standard InChI is InChI=1S/C18H17NO4/c1-2-23-18(22)12-4-3-5-13(9-12)19-16(20)14-10-6-7-11(8-10)15(14)17(19)21/h3-7,9-11,14-15H,2,8H2,1H3/t10-,11+,14-,15-/m0/s1. The highest BCUT2D eigenvalue weighted by molar-refractivity contribution is 6.23. The molecule has 4 rings (SSSR count). The van der Waals surface area contributed by atoms with Crippen LogP contribution in [0.4, 0.5) is 5.69 Å². The SMILES string of the molecule is CCOC(=O)c1cccc(N2C(=O)[C@@H]3[C@@H](C2=O)[C@H]2C=C[C@@H]3C2)c1.